The maximum atomic E-state index is 12.5. The Morgan fingerprint density at radius 1 is 1.08 bits per heavy atom. The number of hydrogen-bond donors (Lipinski definition) is 0. The van der Waals surface area contributed by atoms with Gasteiger partial charge in [0.15, 0.2) is 0 Å². The fourth-order valence-electron chi connectivity index (χ4n) is 7.37. The lowest BCUT2D eigenvalue weighted by atomic mass is 9.45. The van der Waals surface area contributed by atoms with Gasteiger partial charge in [0, 0.05) is 18.3 Å². The zero-order valence-corrected chi connectivity index (χ0v) is 16.2. The molecule has 0 aromatic heterocycles. The molecule has 0 unspecified atom stereocenters. The summed E-state index contributed by atoms with van der Waals surface area (Å²) >= 11 is 0. The van der Waals surface area contributed by atoms with Crippen molar-refractivity contribution in [3.63, 3.8) is 0 Å². The van der Waals surface area contributed by atoms with Crippen LogP contribution in [0.4, 0.5) is 0 Å². The maximum absolute atomic E-state index is 12.5. The Balaban J connectivity index is 1.51. The van der Waals surface area contributed by atoms with Gasteiger partial charge in [0.05, 0.1) is 0 Å². The van der Waals surface area contributed by atoms with E-state index in [0.717, 1.165) is 43.9 Å². The molecule has 4 saturated carbocycles. The molecule has 0 aromatic carbocycles. The van der Waals surface area contributed by atoms with E-state index in [4.69, 9.17) is 4.74 Å². The molecule has 0 saturated heterocycles. The molecule has 140 valence electrons. The van der Waals surface area contributed by atoms with Crippen molar-refractivity contribution in [3.05, 3.63) is 0 Å². The molecular formula is C22H34O3. The van der Waals surface area contributed by atoms with Gasteiger partial charge in [-0.1, -0.05) is 20.8 Å². The van der Waals surface area contributed by atoms with E-state index in [1.807, 2.05) is 6.92 Å². The van der Waals surface area contributed by atoms with E-state index in [1.54, 1.807) is 0 Å². The molecule has 0 heterocycles. The average Bonchev–Trinajstić information content (AvgIpc) is 2.90. The van der Waals surface area contributed by atoms with E-state index in [9.17, 15) is 9.59 Å². The van der Waals surface area contributed by atoms with Crippen molar-refractivity contribution in [3.8, 4) is 0 Å². The Morgan fingerprint density at radius 3 is 2.64 bits per heavy atom. The van der Waals surface area contributed by atoms with E-state index < -0.39 is 0 Å². The average molecular weight is 347 g/mol. The van der Waals surface area contributed by atoms with Gasteiger partial charge in [-0.25, -0.2) is 0 Å². The molecule has 25 heavy (non-hydrogen) atoms. The summed E-state index contributed by atoms with van der Waals surface area (Å²) in [4.78, 5) is 24.2. The molecule has 3 nitrogen and oxygen atoms in total. The van der Waals surface area contributed by atoms with Crippen LogP contribution in [0.3, 0.4) is 0 Å². The minimum Gasteiger partial charge on any atom is -0.462 e. The van der Waals surface area contributed by atoms with Crippen molar-refractivity contribution in [1.29, 1.82) is 0 Å². The van der Waals surface area contributed by atoms with Crippen molar-refractivity contribution in [1.82, 2.24) is 0 Å². The number of carbonyl (C=O) groups is 2. The van der Waals surface area contributed by atoms with Crippen LogP contribution in [0.1, 0.15) is 85.0 Å². The van der Waals surface area contributed by atoms with Crippen molar-refractivity contribution < 1.29 is 14.3 Å². The number of esters is 1. The predicted molar refractivity (Wildman–Crippen MR) is 96.9 cm³/mol. The van der Waals surface area contributed by atoms with Crippen molar-refractivity contribution >= 4 is 11.8 Å². The standard InChI is InChI=1S/C22H34O3/c1-4-20(24)25-15-9-11-21(2)14(13-15)5-6-16-17-7-8-19(23)22(17,3)12-10-18(16)21/h14-18H,4-13H2,1-3H3/t14-,15-,16+,17+,18+,21+,22+/m1/s1. The van der Waals surface area contributed by atoms with Crippen LogP contribution in [0.5, 0.6) is 0 Å². The van der Waals surface area contributed by atoms with E-state index in [0.29, 0.717) is 29.5 Å². The highest BCUT2D eigenvalue weighted by Gasteiger charge is 2.60. The molecular weight excluding hydrogens is 312 g/mol. The number of Topliss-reactive ketones (excluding diaryl/α,β-unsaturated/α-hetero) is 1. The van der Waals surface area contributed by atoms with Crippen molar-refractivity contribution in [2.75, 3.05) is 0 Å². The van der Waals surface area contributed by atoms with E-state index in [2.05, 4.69) is 13.8 Å². The molecule has 7 atom stereocenters. The van der Waals surface area contributed by atoms with Gasteiger partial charge in [0.1, 0.15) is 11.9 Å². The van der Waals surface area contributed by atoms with Crippen LogP contribution < -0.4 is 0 Å². The SMILES string of the molecule is CCC(=O)O[C@@H]1CC[C@@]2(C)[C@H](CC[C@@H]3[C@@H]2CC[C@]2(C)C(=O)CC[C@@H]32)C1. The first-order valence-corrected chi connectivity index (χ1v) is 10.6. The lowest BCUT2D eigenvalue weighted by molar-refractivity contribution is -0.161. The largest absolute Gasteiger partial charge is 0.462 e. The van der Waals surface area contributed by atoms with Crippen LogP contribution in [0.2, 0.25) is 0 Å². The second-order valence-corrected chi connectivity index (χ2v) is 9.81. The topological polar surface area (TPSA) is 43.4 Å². The minimum absolute atomic E-state index is 0.0157. The van der Waals surface area contributed by atoms with E-state index in [1.165, 1.54) is 25.7 Å². The summed E-state index contributed by atoms with van der Waals surface area (Å²) in [5.74, 6) is 3.35. The van der Waals surface area contributed by atoms with Gasteiger partial charge >= 0.3 is 5.97 Å². The highest BCUT2D eigenvalue weighted by molar-refractivity contribution is 5.87. The number of ketones is 1. The second-order valence-electron chi connectivity index (χ2n) is 9.81. The third kappa shape index (κ3) is 2.59. The first-order chi connectivity index (χ1) is 11.9. The van der Waals surface area contributed by atoms with Gasteiger partial charge in [-0.2, -0.15) is 0 Å². The number of carbonyl (C=O) groups excluding carboxylic acids is 2. The van der Waals surface area contributed by atoms with Crippen LogP contribution in [-0.4, -0.2) is 17.9 Å². The number of ether oxygens (including phenoxy) is 1. The Bertz CT molecular complexity index is 570. The lowest BCUT2D eigenvalue weighted by Crippen LogP contribution is -2.54. The Morgan fingerprint density at radius 2 is 1.88 bits per heavy atom. The van der Waals surface area contributed by atoms with Crippen LogP contribution >= 0.6 is 0 Å². The van der Waals surface area contributed by atoms with Gasteiger partial charge in [0.2, 0.25) is 0 Å². The Hall–Kier alpha value is -0.860. The molecule has 3 heteroatoms. The molecule has 0 bridgehead atoms. The zero-order chi connectivity index (χ0) is 17.8. The molecule has 0 amide bonds. The smallest absolute Gasteiger partial charge is 0.305 e. The maximum Gasteiger partial charge on any atom is 0.305 e. The number of fused-ring (bicyclic) bond motifs is 5. The fourth-order valence-corrected chi connectivity index (χ4v) is 7.37. The molecule has 4 rings (SSSR count). The van der Waals surface area contributed by atoms with Crippen LogP contribution in [-0.2, 0) is 14.3 Å². The van der Waals surface area contributed by atoms with Gasteiger partial charge in [-0.15, -0.1) is 0 Å². The Labute approximate surface area is 152 Å². The molecule has 4 aliphatic carbocycles. The normalized spacial score (nSPS) is 49.1. The zero-order valence-electron chi connectivity index (χ0n) is 16.2. The second kappa shape index (κ2) is 6.09. The highest BCUT2D eigenvalue weighted by atomic mass is 16.5. The summed E-state index contributed by atoms with van der Waals surface area (Å²) < 4.78 is 5.69. The Kier molecular flexibility index (Phi) is 4.28. The van der Waals surface area contributed by atoms with Crippen molar-refractivity contribution in [2.45, 2.75) is 91.1 Å². The summed E-state index contributed by atoms with van der Waals surface area (Å²) in [5.41, 5.74) is 0.378. The molecule has 0 spiro atoms. The lowest BCUT2D eigenvalue weighted by Gasteiger charge is -2.60. The number of rotatable bonds is 2. The summed E-state index contributed by atoms with van der Waals surface area (Å²) in [6.45, 7) is 6.66. The predicted octanol–water partition coefficient (Wildman–Crippen LogP) is 4.92. The molecule has 0 N–H and O–H groups in total. The highest BCUT2D eigenvalue weighted by Crippen LogP contribution is 2.65. The third-order valence-electron chi connectivity index (χ3n) is 8.91. The summed E-state index contributed by atoms with van der Waals surface area (Å²) in [7, 11) is 0. The van der Waals surface area contributed by atoms with E-state index >= 15 is 0 Å². The third-order valence-corrected chi connectivity index (χ3v) is 8.91. The van der Waals surface area contributed by atoms with Crippen LogP contribution in [0.25, 0.3) is 0 Å². The van der Waals surface area contributed by atoms with Crippen LogP contribution in [0, 0.1) is 34.5 Å². The number of hydrogen-bond acceptors (Lipinski definition) is 3. The molecule has 0 aliphatic heterocycles. The summed E-state index contributed by atoms with van der Waals surface area (Å²) in [5, 5.41) is 0. The first-order valence-electron chi connectivity index (χ1n) is 10.6. The van der Waals surface area contributed by atoms with Crippen molar-refractivity contribution in [2.24, 2.45) is 34.5 Å². The minimum atomic E-state index is -0.0415. The summed E-state index contributed by atoms with van der Waals surface area (Å²) in [6, 6.07) is 0. The van der Waals surface area contributed by atoms with Gasteiger partial charge in [-0.05, 0) is 80.5 Å². The molecule has 4 aliphatic rings. The monoisotopic (exact) mass is 346 g/mol. The van der Waals surface area contributed by atoms with Crippen LogP contribution in [0.15, 0.2) is 0 Å². The molecule has 0 radical (unpaired) electrons. The van der Waals surface area contributed by atoms with Gasteiger partial charge < -0.3 is 4.74 Å². The fraction of sp³-hybridized carbons (Fsp3) is 0.909. The quantitative estimate of drug-likeness (QED) is 0.667. The van der Waals surface area contributed by atoms with Gasteiger partial charge in [-0.3, -0.25) is 9.59 Å². The summed E-state index contributed by atoms with van der Waals surface area (Å²) in [6.07, 6.45) is 10.7. The molecule has 0 aromatic rings. The van der Waals surface area contributed by atoms with E-state index in [-0.39, 0.29) is 17.5 Å². The molecule has 4 fully saturated rings. The first kappa shape index (κ1) is 17.5. The van der Waals surface area contributed by atoms with Gasteiger partial charge in [0.25, 0.3) is 0 Å².